The van der Waals surface area contributed by atoms with Gasteiger partial charge in [-0.1, -0.05) is 55.3 Å². The summed E-state index contributed by atoms with van der Waals surface area (Å²) in [6, 6.07) is 14.9. The molecule has 0 unspecified atom stereocenters. The number of aryl methyl sites for hydroxylation is 1. The third kappa shape index (κ3) is 6.25. The molecule has 2 atom stereocenters. The number of fused-ring (bicyclic) bond motifs is 2. The molecule has 2 aromatic rings. The highest BCUT2D eigenvalue weighted by atomic mass is 32.2. The third-order valence-corrected chi connectivity index (χ3v) is 8.93. The molecule has 4 rings (SSSR count). The summed E-state index contributed by atoms with van der Waals surface area (Å²) in [5, 5.41) is 0. The quantitative estimate of drug-likeness (QED) is 0.571. The zero-order valence-corrected chi connectivity index (χ0v) is 21.8. The van der Waals surface area contributed by atoms with Crippen LogP contribution in [0.15, 0.2) is 48.5 Å². The molecule has 0 aromatic heterocycles. The summed E-state index contributed by atoms with van der Waals surface area (Å²) in [6.45, 7) is 5.79. The first kappa shape index (κ1) is 25.7. The summed E-state index contributed by atoms with van der Waals surface area (Å²) < 4.78 is 35.9. The van der Waals surface area contributed by atoms with Crippen molar-refractivity contribution in [2.75, 3.05) is 19.6 Å². The van der Waals surface area contributed by atoms with Crippen LogP contribution in [0.2, 0.25) is 0 Å². The van der Waals surface area contributed by atoms with Crippen LogP contribution in [0.4, 0.5) is 0 Å². The van der Waals surface area contributed by atoms with Crippen molar-refractivity contribution < 1.29 is 17.9 Å². The summed E-state index contributed by atoms with van der Waals surface area (Å²) in [6.07, 6.45) is 5.60. The van der Waals surface area contributed by atoms with Crippen LogP contribution in [-0.4, -0.2) is 55.3 Å². The molecule has 2 aromatic carbocycles. The molecule has 0 spiro atoms. The Kier molecular flexibility index (Phi) is 8.50. The van der Waals surface area contributed by atoms with Crippen molar-refractivity contribution in [3.63, 3.8) is 0 Å². The summed E-state index contributed by atoms with van der Waals surface area (Å²) in [7, 11) is -3.55. The molecule has 1 heterocycles. The van der Waals surface area contributed by atoms with Crippen LogP contribution in [0.5, 0.6) is 5.75 Å². The van der Waals surface area contributed by atoms with Gasteiger partial charge >= 0.3 is 0 Å². The topological polar surface area (TPSA) is 66.9 Å². The maximum atomic E-state index is 13.8. The number of sulfonamides is 1. The van der Waals surface area contributed by atoms with Gasteiger partial charge in [-0.2, -0.15) is 4.31 Å². The zero-order chi connectivity index (χ0) is 24.8. The smallest absolute Gasteiger partial charge is 0.257 e. The van der Waals surface area contributed by atoms with Gasteiger partial charge in [-0.05, 0) is 63.1 Å². The predicted molar refractivity (Wildman–Crippen MR) is 139 cm³/mol. The summed E-state index contributed by atoms with van der Waals surface area (Å²) in [5.41, 5.74) is 2.44. The van der Waals surface area contributed by atoms with E-state index in [9.17, 15) is 13.2 Å². The Morgan fingerprint density at radius 1 is 0.971 bits per heavy atom. The van der Waals surface area contributed by atoms with Gasteiger partial charge in [0.15, 0.2) is 0 Å². The number of hydrogen-bond donors (Lipinski definition) is 0. The molecule has 1 saturated carbocycles. The first-order chi connectivity index (χ1) is 16.9. The fourth-order valence-corrected chi connectivity index (χ4v) is 7.21. The van der Waals surface area contributed by atoms with Crippen molar-refractivity contribution >= 4 is 15.9 Å². The first-order valence-corrected chi connectivity index (χ1v) is 14.6. The molecule has 2 aliphatic rings. The van der Waals surface area contributed by atoms with Crippen molar-refractivity contribution in [1.29, 1.82) is 0 Å². The van der Waals surface area contributed by atoms with E-state index < -0.39 is 10.0 Å². The SMILES string of the molecule is CCCN1CCCCN(S(=O)(=O)Cc2cccc(C)c2)[C@@H]2CCCC[C@@H]2Oc2ccccc2C1=O. The maximum absolute atomic E-state index is 13.8. The van der Waals surface area contributed by atoms with Crippen LogP contribution in [-0.2, 0) is 15.8 Å². The summed E-state index contributed by atoms with van der Waals surface area (Å²) in [5.74, 6) is 0.556. The number of carbonyl (C=O) groups is 1. The molecular weight excluding hydrogens is 460 g/mol. The lowest BCUT2D eigenvalue weighted by atomic mass is 9.92. The number of rotatable bonds is 5. The van der Waals surface area contributed by atoms with Crippen LogP contribution in [0.3, 0.4) is 0 Å². The van der Waals surface area contributed by atoms with Crippen LogP contribution in [0.25, 0.3) is 0 Å². The molecule has 1 amide bonds. The molecule has 0 radical (unpaired) electrons. The molecule has 190 valence electrons. The van der Waals surface area contributed by atoms with Crippen molar-refractivity contribution in [3.8, 4) is 5.75 Å². The second kappa shape index (κ2) is 11.6. The van der Waals surface area contributed by atoms with Gasteiger partial charge < -0.3 is 9.64 Å². The largest absolute Gasteiger partial charge is 0.488 e. The Bertz CT molecular complexity index is 1120. The lowest BCUT2D eigenvalue weighted by Crippen LogP contribution is -2.51. The molecule has 0 N–H and O–H groups in total. The Labute approximate surface area is 210 Å². The molecule has 7 heteroatoms. The fraction of sp³-hybridized carbons (Fsp3) is 0.536. The Hall–Kier alpha value is -2.38. The van der Waals surface area contributed by atoms with Crippen LogP contribution in [0, 0.1) is 6.92 Å². The van der Waals surface area contributed by atoms with E-state index >= 15 is 0 Å². The van der Waals surface area contributed by atoms with Crippen molar-refractivity contribution in [2.24, 2.45) is 0 Å². The molecule has 35 heavy (non-hydrogen) atoms. The average molecular weight is 499 g/mol. The van der Waals surface area contributed by atoms with E-state index in [1.165, 1.54) is 0 Å². The lowest BCUT2D eigenvalue weighted by molar-refractivity contribution is 0.0636. The average Bonchev–Trinajstić information content (AvgIpc) is 2.83. The standard InChI is InChI=1S/C28H38N2O4S/c1-3-17-29-18-8-9-19-30(35(32,33)21-23-12-10-11-22(2)20-23)25-14-5-7-16-27(25)34-26-15-6-4-13-24(26)28(29)31/h4,6,10-13,15,20,25,27H,3,5,7-9,14,16-19,21H2,1-2H3/t25-,27+/m1/s1. The van der Waals surface area contributed by atoms with E-state index in [0.717, 1.165) is 49.7 Å². The summed E-state index contributed by atoms with van der Waals surface area (Å²) in [4.78, 5) is 15.3. The predicted octanol–water partition coefficient (Wildman–Crippen LogP) is 5.16. The van der Waals surface area contributed by atoms with E-state index in [1.54, 1.807) is 4.31 Å². The molecular formula is C28H38N2O4S. The van der Waals surface area contributed by atoms with Crippen molar-refractivity contribution in [3.05, 3.63) is 65.2 Å². The molecule has 1 aliphatic heterocycles. The highest BCUT2D eigenvalue weighted by molar-refractivity contribution is 7.88. The Morgan fingerprint density at radius 3 is 2.54 bits per heavy atom. The van der Waals surface area contributed by atoms with Gasteiger partial charge in [0.2, 0.25) is 10.0 Å². The number of hydrogen-bond acceptors (Lipinski definition) is 4. The third-order valence-electron chi connectivity index (χ3n) is 7.06. The number of nitrogens with zero attached hydrogens (tertiary/aromatic N) is 2. The lowest BCUT2D eigenvalue weighted by Gasteiger charge is -2.40. The van der Waals surface area contributed by atoms with E-state index in [0.29, 0.717) is 37.4 Å². The van der Waals surface area contributed by atoms with Crippen LogP contribution in [0.1, 0.15) is 73.4 Å². The van der Waals surface area contributed by atoms with Gasteiger partial charge in [0, 0.05) is 19.6 Å². The van der Waals surface area contributed by atoms with Gasteiger partial charge in [-0.3, -0.25) is 4.79 Å². The molecule has 0 saturated heterocycles. The molecule has 1 fully saturated rings. The minimum absolute atomic E-state index is 0.000641. The Balaban J connectivity index is 1.69. The van der Waals surface area contributed by atoms with E-state index in [-0.39, 0.29) is 23.8 Å². The first-order valence-electron chi connectivity index (χ1n) is 13.0. The molecule has 0 bridgehead atoms. The van der Waals surface area contributed by atoms with Gasteiger partial charge in [0.25, 0.3) is 5.91 Å². The number of para-hydroxylation sites is 1. The van der Waals surface area contributed by atoms with E-state index in [2.05, 4.69) is 6.92 Å². The minimum atomic E-state index is -3.55. The Morgan fingerprint density at radius 2 is 1.74 bits per heavy atom. The van der Waals surface area contributed by atoms with Crippen LogP contribution >= 0.6 is 0 Å². The number of amides is 1. The van der Waals surface area contributed by atoms with Crippen LogP contribution < -0.4 is 4.74 Å². The van der Waals surface area contributed by atoms with E-state index in [4.69, 9.17) is 4.74 Å². The number of carbonyl (C=O) groups excluding carboxylic acids is 1. The minimum Gasteiger partial charge on any atom is -0.488 e. The monoisotopic (exact) mass is 498 g/mol. The highest BCUT2D eigenvalue weighted by Gasteiger charge is 2.38. The van der Waals surface area contributed by atoms with Gasteiger partial charge in [-0.25, -0.2) is 8.42 Å². The second-order valence-corrected chi connectivity index (χ2v) is 11.8. The number of benzene rings is 2. The second-order valence-electron chi connectivity index (χ2n) is 9.86. The van der Waals surface area contributed by atoms with Gasteiger partial charge in [0.05, 0.1) is 17.4 Å². The van der Waals surface area contributed by atoms with Crippen molar-refractivity contribution in [1.82, 2.24) is 9.21 Å². The zero-order valence-electron chi connectivity index (χ0n) is 21.0. The van der Waals surface area contributed by atoms with Gasteiger partial charge in [0.1, 0.15) is 11.9 Å². The highest BCUT2D eigenvalue weighted by Crippen LogP contribution is 2.32. The van der Waals surface area contributed by atoms with Gasteiger partial charge in [-0.15, -0.1) is 0 Å². The molecule has 1 aliphatic carbocycles. The van der Waals surface area contributed by atoms with E-state index in [1.807, 2.05) is 60.4 Å². The fourth-order valence-electron chi connectivity index (χ4n) is 5.39. The van der Waals surface area contributed by atoms with Crippen molar-refractivity contribution in [2.45, 2.75) is 76.7 Å². The maximum Gasteiger partial charge on any atom is 0.257 e. The molecule has 6 nitrogen and oxygen atoms in total. The normalized spacial score (nSPS) is 22.3. The summed E-state index contributed by atoms with van der Waals surface area (Å²) >= 11 is 0. The number of ether oxygens (including phenoxy) is 1.